The van der Waals surface area contributed by atoms with E-state index in [0.717, 1.165) is 26.5 Å². The van der Waals surface area contributed by atoms with E-state index >= 15 is 0 Å². The van der Waals surface area contributed by atoms with Crippen molar-refractivity contribution in [3.63, 3.8) is 0 Å². The highest BCUT2D eigenvalue weighted by Crippen LogP contribution is 2.36. The molecule has 10 heteroatoms. The van der Waals surface area contributed by atoms with Gasteiger partial charge in [-0.2, -0.15) is 0 Å². The fourth-order valence-corrected chi connectivity index (χ4v) is 4.72. The second-order valence-corrected chi connectivity index (χ2v) is 9.81. The van der Waals surface area contributed by atoms with Crippen LogP contribution in [0.2, 0.25) is 5.02 Å². The Kier molecular flexibility index (Phi) is 8.32. The van der Waals surface area contributed by atoms with E-state index in [-0.39, 0.29) is 10.1 Å². The molecule has 1 heterocycles. The summed E-state index contributed by atoms with van der Waals surface area (Å²) in [6.45, 7) is 0.388. The zero-order valence-electron chi connectivity index (χ0n) is 18.4. The Hall–Kier alpha value is -3.02. The molecule has 3 aromatic carbocycles. The minimum absolute atomic E-state index is 0.0578. The fourth-order valence-electron chi connectivity index (χ4n) is 3.11. The first-order chi connectivity index (χ1) is 16.9. The Morgan fingerprint density at radius 3 is 2.60 bits per heavy atom. The smallest absolute Gasteiger partial charge is 0.342 e. The molecule has 2 N–H and O–H groups in total. The van der Waals surface area contributed by atoms with E-state index < -0.39 is 5.97 Å². The van der Waals surface area contributed by atoms with Crippen LogP contribution in [0.1, 0.15) is 11.1 Å². The number of methoxy groups -OCH3 is 1. The van der Waals surface area contributed by atoms with E-state index in [1.165, 1.54) is 0 Å². The van der Waals surface area contributed by atoms with Crippen molar-refractivity contribution in [1.29, 1.82) is 0 Å². The highest BCUT2D eigenvalue weighted by atomic mass is 127. The van der Waals surface area contributed by atoms with Crippen LogP contribution in [-0.2, 0) is 11.4 Å². The molecule has 0 radical (unpaired) electrons. The van der Waals surface area contributed by atoms with Crippen molar-refractivity contribution in [3.8, 4) is 22.9 Å². The molecule has 7 nitrogen and oxygen atoms in total. The number of nitrogens with zero attached hydrogens (tertiary/aromatic N) is 2. The summed E-state index contributed by atoms with van der Waals surface area (Å²) in [6, 6.07) is 20.5. The fraction of sp³-hybridized carbons (Fsp3) is 0.0800. The first-order valence-electron chi connectivity index (χ1n) is 10.3. The second kappa shape index (κ2) is 11.6. The number of carbonyl (C=O) groups is 1. The van der Waals surface area contributed by atoms with E-state index in [2.05, 4.69) is 37.8 Å². The number of rotatable bonds is 9. The zero-order valence-corrected chi connectivity index (χ0v) is 22.1. The van der Waals surface area contributed by atoms with Crippen LogP contribution in [0.4, 0.5) is 0 Å². The molecule has 4 rings (SSSR count). The number of carboxylic acid groups (broad SMARTS) is 1. The first kappa shape index (κ1) is 25.1. The third-order valence-electron chi connectivity index (χ3n) is 4.77. The van der Waals surface area contributed by atoms with E-state index in [0.29, 0.717) is 34.5 Å². The maximum absolute atomic E-state index is 12.0. The van der Waals surface area contributed by atoms with E-state index in [9.17, 15) is 9.90 Å². The van der Waals surface area contributed by atoms with Gasteiger partial charge in [-0.3, -0.25) is 5.10 Å². The van der Waals surface area contributed by atoms with Gasteiger partial charge in [-0.1, -0.05) is 41.9 Å². The SMILES string of the molecule is COc1cc(/C=C(\Sc2n[nH]c(-c3ccc(Cl)cc3)n2)C(=O)O)cc(I)c1OCc1ccccc1. The predicted molar refractivity (Wildman–Crippen MR) is 145 cm³/mol. The summed E-state index contributed by atoms with van der Waals surface area (Å²) in [5, 5.41) is 17.7. The molecule has 0 saturated heterocycles. The number of hydrogen-bond acceptors (Lipinski definition) is 6. The average Bonchev–Trinajstić information content (AvgIpc) is 3.32. The maximum Gasteiger partial charge on any atom is 0.342 e. The zero-order chi connectivity index (χ0) is 24.8. The van der Waals surface area contributed by atoms with Crippen molar-refractivity contribution in [1.82, 2.24) is 15.2 Å². The van der Waals surface area contributed by atoms with Crippen LogP contribution in [0.15, 0.2) is 76.8 Å². The van der Waals surface area contributed by atoms with Crippen LogP contribution >= 0.6 is 46.0 Å². The van der Waals surface area contributed by atoms with Gasteiger partial charge in [0.05, 0.1) is 10.7 Å². The summed E-state index contributed by atoms with van der Waals surface area (Å²) in [4.78, 5) is 16.4. The molecule has 0 aliphatic carbocycles. The molecule has 0 fully saturated rings. The Morgan fingerprint density at radius 2 is 1.91 bits per heavy atom. The molecule has 0 spiro atoms. The average molecular weight is 620 g/mol. The summed E-state index contributed by atoms with van der Waals surface area (Å²) in [7, 11) is 1.55. The largest absolute Gasteiger partial charge is 0.493 e. The third kappa shape index (κ3) is 6.56. The number of benzene rings is 3. The van der Waals surface area contributed by atoms with Gasteiger partial charge >= 0.3 is 5.97 Å². The monoisotopic (exact) mass is 619 g/mol. The molecule has 4 aromatic rings. The second-order valence-electron chi connectivity index (χ2n) is 7.20. The summed E-state index contributed by atoms with van der Waals surface area (Å²) in [6.07, 6.45) is 1.55. The van der Waals surface area contributed by atoms with Crippen LogP contribution in [0, 0.1) is 3.57 Å². The summed E-state index contributed by atoms with van der Waals surface area (Å²) < 4.78 is 12.3. The molecular weight excluding hydrogens is 601 g/mol. The van der Waals surface area contributed by atoms with Gasteiger partial charge in [0, 0.05) is 10.6 Å². The van der Waals surface area contributed by atoms with E-state index in [1.807, 2.05) is 36.4 Å². The molecule has 1 aromatic heterocycles. The van der Waals surface area contributed by atoms with Gasteiger partial charge in [-0.25, -0.2) is 9.78 Å². The maximum atomic E-state index is 12.0. The van der Waals surface area contributed by atoms with Gasteiger partial charge in [0.2, 0.25) is 5.16 Å². The Labute approximate surface area is 224 Å². The summed E-state index contributed by atoms with van der Waals surface area (Å²) >= 11 is 9.03. The molecular formula is C25H19ClIN3O4S. The first-order valence-corrected chi connectivity index (χ1v) is 12.6. The number of aromatic nitrogens is 3. The van der Waals surface area contributed by atoms with Crippen LogP contribution < -0.4 is 9.47 Å². The Morgan fingerprint density at radius 1 is 1.17 bits per heavy atom. The van der Waals surface area contributed by atoms with Gasteiger partial charge in [-0.05, 0) is 88.0 Å². The highest BCUT2D eigenvalue weighted by Gasteiger charge is 2.17. The van der Waals surface area contributed by atoms with Crippen molar-refractivity contribution >= 4 is 58.0 Å². The van der Waals surface area contributed by atoms with E-state index in [4.69, 9.17) is 21.1 Å². The molecule has 0 bridgehead atoms. The van der Waals surface area contributed by atoms with Gasteiger partial charge in [0.15, 0.2) is 17.3 Å². The number of aliphatic carboxylic acids is 1. The topological polar surface area (TPSA) is 97.3 Å². The lowest BCUT2D eigenvalue weighted by molar-refractivity contribution is -0.131. The van der Waals surface area contributed by atoms with Gasteiger partial charge < -0.3 is 14.6 Å². The highest BCUT2D eigenvalue weighted by molar-refractivity contribution is 14.1. The summed E-state index contributed by atoms with van der Waals surface area (Å²) in [5.41, 5.74) is 2.47. The number of thioether (sulfide) groups is 1. The van der Waals surface area contributed by atoms with Crippen LogP contribution in [0.5, 0.6) is 11.5 Å². The standard InChI is InChI=1S/C25H19ClIN3O4S/c1-33-20-12-16(11-19(27)22(20)34-14-15-5-3-2-4-6-15)13-21(24(31)32)35-25-28-23(29-30-25)17-7-9-18(26)10-8-17/h2-13H,14H2,1H3,(H,31,32)(H,28,29,30)/b21-13-. The third-order valence-corrected chi connectivity index (χ3v) is 6.70. The van der Waals surface area contributed by atoms with Gasteiger partial charge in [0.25, 0.3) is 0 Å². The van der Waals surface area contributed by atoms with Crippen molar-refractivity contribution in [3.05, 3.63) is 91.4 Å². The minimum atomic E-state index is -1.09. The molecule has 178 valence electrons. The molecule has 0 saturated carbocycles. The Bertz CT molecular complexity index is 1360. The lowest BCUT2D eigenvalue weighted by Gasteiger charge is -2.14. The van der Waals surface area contributed by atoms with Gasteiger partial charge in [0.1, 0.15) is 11.5 Å². The molecule has 0 unspecified atom stereocenters. The number of H-pyrrole nitrogens is 1. The van der Waals surface area contributed by atoms with Crippen molar-refractivity contribution in [2.75, 3.05) is 7.11 Å². The van der Waals surface area contributed by atoms with Crippen LogP contribution in [-0.4, -0.2) is 33.4 Å². The lowest BCUT2D eigenvalue weighted by Crippen LogP contribution is -2.01. The van der Waals surface area contributed by atoms with Crippen molar-refractivity contribution in [2.24, 2.45) is 0 Å². The van der Waals surface area contributed by atoms with Crippen molar-refractivity contribution in [2.45, 2.75) is 11.8 Å². The predicted octanol–water partition coefficient (Wildman–Crippen LogP) is 6.54. The number of ether oxygens (including phenoxy) is 2. The van der Waals surface area contributed by atoms with Crippen LogP contribution in [0.25, 0.3) is 17.5 Å². The normalized spacial score (nSPS) is 11.3. The number of nitrogens with one attached hydrogen (secondary N) is 1. The Balaban J connectivity index is 1.55. The minimum Gasteiger partial charge on any atom is -0.493 e. The quantitative estimate of drug-likeness (QED) is 0.125. The summed E-state index contributed by atoms with van der Waals surface area (Å²) in [5.74, 6) is 0.535. The van der Waals surface area contributed by atoms with Crippen molar-refractivity contribution < 1.29 is 19.4 Å². The number of hydrogen-bond donors (Lipinski definition) is 2. The molecule has 0 aliphatic heterocycles. The molecule has 0 aliphatic rings. The number of halogens is 2. The van der Waals surface area contributed by atoms with Crippen LogP contribution in [0.3, 0.4) is 0 Å². The van der Waals surface area contributed by atoms with E-state index in [1.54, 1.807) is 43.5 Å². The molecule has 0 atom stereocenters. The molecule has 35 heavy (non-hydrogen) atoms. The lowest BCUT2D eigenvalue weighted by atomic mass is 10.2. The molecule has 0 amide bonds. The number of carboxylic acids is 1. The van der Waals surface area contributed by atoms with Gasteiger partial charge in [-0.15, -0.1) is 5.10 Å². The number of aromatic amines is 1.